The lowest BCUT2D eigenvalue weighted by Crippen LogP contribution is -2.12. The van der Waals surface area contributed by atoms with Gasteiger partial charge in [-0.3, -0.25) is 0 Å². The number of fused-ring (bicyclic) bond motifs is 1. The maximum absolute atomic E-state index is 5.88. The molecule has 1 aliphatic carbocycles. The molecule has 17 heavy (non-hydrogen) atoms. The number of hydrogen-bond donors (Lipinski definition) is 0. The highest BCUT2D eigenvalue weighted by Gasteiger charge is 2.22. The van der Waals surface area contributed by atoms with E-state index in [1.54, 1.807) is 0 Å². The molecule has 2 rings (SSSR count). The monoisotopic (exact) mass is 232 g/mol. The van der Waals surface area contributed by atoms with Crippen LogP contribution in [0.25, 0.3) is 0 Å². The highest BCUT2D eigenvalue weighted by molar-refractivity contribution is 5.42. The maximum Gasteiger partial charge on any atom is 0.0655 e. The van der Waals surface area contributed by atoms with E-state index in [4.69, 9.17) is 4.74 Å². The second-order valence-electron chi connectivity index (χ2n) is 5.00. The van der Waals surface area contributed by atoms with Crippen LogP contribution >= 0.6 is 0 Å². The molecule has 0 bridgehead atoms. The van der Waals surface area contributed by atoms with Crippen LogP contribution < -0.4 is 0 Å². The third-order valence-corrected chi connectivity index (χ3v) is 3.74. The van der Waals surface area contributed by atoms with Gasteiger partial charge < -0.3 is 4.74 Å². The third kappa shape index (κ3) is 2.71. The van der Waals surface area contributed by atoms with Gasteiger partial charge in [0.05, 0.1) is 6.10 Å². The molecule has 0 fully saturated rings. The van der Waals surface area contributed by atoms with Crippen molar-refractivity contribution in [2.45, 2.75) is 59.0 Å². The van der Waals surface area contributed by atoms with E-state index >= 15 is 0 Å². The summed E-state index contributed by atoms with van der Waals surface area (Å²) in [6, 6.07) is 4.84. The summed E-state index contributed by atoms with van der Waals surface area (Å²) in [5, 5.41) is 0. The van der Waals surface area contributed by atoms with Crippen molar-refractivity contribution in [2.75, 3.05) is 6.61 Å². The Labute approximate surface area is 105 Å². The molecule has 0 saturated carbocycles. The van der Waals surface area contributed by atoms with Crippen molar-refractivity contribution in [2.24, 2.45) is 0 Å². The Hall–Kier alpha value is -0.820. The number of benzene rings is 1. The summed E-state index contributed by atoms with van der Waals surface area (Å²) < 4.78 is 5.88. The molecule has 0 radical (unpaired) electrons. The number of ether oxygens (including phenoxy) is 1. The summed E-state index contributed by atoms with van der Waals surface area (Å²) in [6.45, 7) is 7.58. The van der Waals surface area contributed by atoms with Crippen molar-refractivity contribution in [1.82, 2.24) is 0 Å². The van der Waals surface area contributed by atoms with E-state index in [1.165, 1.54) is 22.3 Å². The highest BCUT2D eigenvalue weighted by Crippen LogP contribution is 2.28. The molecule has 0 amide bonds. The van der Waals surface area contributed by atoms with E-state index in [0.29, 0.717) is 6.10 Å². The van der Waals surface area contributed by atoms with Gasteiger partial charge in [-0.05, 0) is 54.4 Å². The molecular weight excluding hydrogens is 208 g/mol. The molecule has 94 valence electrons. The first-order valence-corrected chi connectivity index (χ1v) is 7.03. The van der Waals surface area contributed by atoms with Crippen molar-refractivity contribution >= 4 is 0 Å². The van der Waals surface area contributed by atoms with E-state index in [0.717, 1.165) is 38.7 Å². The van der Waals surface area contributed by atoms with Crippen LogP contribution in [0.5, 0.6) is 0 Å². The molecule has 1 nitrogen and oxygen atoms in total. The standard InChI is InChI=1S/C16H24O/c1-4-7-17-16-10-14-8-12(5-2)13(6-3)9-15(14)11-16/h8-9,16H,4-7,10-11H2,1-3H3. The molecule has 0 heterocycles. The SMILES string of the molecule is CCCOC1Cc2cc(CC)c(CC)cc2C1. The van der Waals surface area contributed by atoms with E-state index in [2.05, 4.69) is 32.9 Å². The molecule has 0 atom stereocenters. The van der Waals surface area contributed by atoms with Crippen molar-refractivity contribution in [3.8, 4) is 0 Å². The zero-order valence-corrected chi connectivity index (χ0v) is 11.4. The summed E-state index contributed by atoms with van der Waals surface area (Å²) in [7, 11) is 0. The largest absolute Gasteiger partial charge is 0.378 e. The van der Waals surface area contributed by atoms with E-state index < -0.39 is 0 Å². The zero-order chi connectivity index (χ0) is 12.3. The minimum Gasteiger partial charge on any atom is -0.378 e. The van der Waals surface area contributed by atoms with Gasteiger partial charge in [0.1, 0.15) is 0 Å². The molecule has 1 aromatic carbocycles. The fraction of sp³-hybridized carbons (Fsp3) is 0.625. The predicted molar refractivity (Wildman–Crippen MR) is 72.6 cm³/mol. The van der Waals surface area contributed by atoms with Gasteiger partial charge in [0, 0.05) is 6.61 Å². The van der Waals surface area contributed by atoms with Crippen molar-refractivity contribution in [1.29, 1.82) is 0 Å². The van der Waals surface area contributed by atoms with Gasteiger partial charge in [0.25, 0.3) is 0 Å². The minimum atomic E-state index is 0.432. The van der Waals surface area contributed by atoms with Gasteiger partial charge in [-0.2, -0.15) is 0 Å². The molecular formula is C16H24O. The van der Waals surface area contributed by atoms with Gasteiger partial charge >= 0.3 is 0 Å². The topological polar surface area (TPSA) is 9.23 Å². The Bertz CT molecular complexity index is 348. The summed E-state index contributed by atoms with van der Waals surface area (Å²) in [5.41, 5.74) is 6.12. The van der Waals surface area contributed by atoms with Gasteiger partial charge in [0.15, 0.2) is 0 Å². The number of rotatable bonds is 5. The molecule has 0 N–H and O–H groups in total. The van der Waals surface area contributed by atoms with Crippen LogP contribution in [0.4, 0.5) is 0 Å². The van der Waals surface area contributed by atoms with Gasteiger partial charge in [-0.1, -0.05) is 32.9 Å². The van der Waals surface area contributed by atoms with Crippen LogP contribution in [0.15, 0.2) is 12.1 Å². The molecule has 1 aromatic rings. The van der Waals surface area contributed by atoms with Crippen LogP contribution in [0, 0.1) is 0 Å². The average Bonchev–Trinajstić information content (AvgIpc) is 2.76. The van der Waals surface area contributed by atoms with Gasteiger partial charge in [-0.25, -0.2) is 0 Å². The molecule has 0 aliphatic heterocycles. The molecule has 0 aromatic heterocycles. The first kappa shape index (κ1) is 12.6. The zero-order valence-electron chi connectivity index (χ0n) is 11.4. The van der Waals surface area contributed by atoms with E-state index in [-0.39, 0.29) is 0 Å². The number of aryl methyl sites for hydroxylation is 2. The van der Waals surface area contributed by atoms with Crippen molar-refractivity contribution in [3.05, 3.63) is 34.4 Å². The molecule has 0 spiro atoms. The first-order chi connectivity index (χ1) is 8.28. The lowest BCUT2D eigenvalue weighted by Gasteiger charge is -2.09. The lowest BCUT2D eigenvalue weighted by molar-refractivity contribution is 0.0612. The second kappa shape index (κ2) is 5.68. The average molecular weight is 232 g/mol. The number of hydrogen-bond acceptors (Lipinski definition) is 1. The lowest BCUT2D eigenvalue weighted by atomic mass is 9.97. The Morgan fingerprint density at radius 1 is 1.00 bits per heavy atom. The van der Waals surface area contributed by atoms with Gasteiger partial charge in [-0.15, -0.1) is 0 Å². The van der Waals surface area contributed by atoms with E-state index in [9.17, 15) is 0 Å². The van der Waals surface area contributed by atoms with Crippen LogP contribution in [-0.2, 0) is 30.4 Å². The Balaban J connectivity index is 2.15. The molecule has 1 aliphatic rings. The predicted octanol–water partition coefficient (Wildman–Crippen LogP) is 3.71. The third-order valence-electron chi connectivity index (χ3n) is 3.74. The minimum absolute atomic E-state index is 0.432. The normalized spacial score (nSPS) is 15.2. The first-order valence-electron chi connectivity index (χ1n) is 7.03. The van der Waals surface area contributed by atoms with Crippen LogP contribution in [0.3, 0.4) is 0 Å². The van der Waals surface area contributed by atoms with Crippen molar-refractivity contribution < 1.29 is 4.74 Å². The summed E-state index contributed by atoms with van der Waals surface area (Å²) >= 11 is 0. The Kier molecular flexibility index (Phi) is 4.22. The van der Waals surface area contributed by atoms with Crippen LogP contribution in [0.2, 0.25) is 0 Å². The van der Waals surface area contributed by atoms with Crippen LogP contribution in [0.1, 0.15) is 49.4 Å². The summed E-state index contributed by atoms with van der Waals surface area (Å²) in [5.74, 6) is 0. The summed E-state index contributed by atoms with van der Waals surface area (Å²) in [4.78, 5) is 0. The summed E-state index contributed by atoms with van der Waals surface area (Å²) in [6.07, 6.45) is 6.08. The molecule has 0 unspecified atom stereocenters. The van der Waals surface area contributed by atoms with Crippen LogP contribution in [-0.4, -0.2) is 12.7 Å². The smallest absolute Gasteiger partial charge is 0.0655 e. The fourth-order valence-electron chi connectivity index (χ4n) is 2.79. The molecule has 1 heteroatoms. The van der Waals surface area contributed by atoms with E-state index in [1.807, 2.05) is 0 Å². The highest BCUT2D eigenvalue weighted by atomic mass is 16.5. The Morgan fingerprint density at radius 3 is 1.94 bits per heavy atom. The van der Waals surface area contributed by atoms with Gasteiger partial charge in [0.2, 0.25) is 0 Å². The fourth-order valence-corrected chi connectivity index (χ4v) is 2.79. The molecule has 0 saturated heterocycles. The maximum atomic E-state index is 5.88. The quantitative estimate of drug-likeness (QED) is 0.752. The Morgan fingerprint density at radius 2 is 1.53 bits per heavy atom. The van der Waals surface area contributed by atoms with Crippen molar-refractivity contribution in [3.63, 3.8) is 0 Å². The second-order valence-corrected chi connectivity index (χ2v) is 5.00.